The fourth-order valence-corrected chi connectivity index (χ4v) is 4.80. The zero-order chi connectivity index (χ0) is 28.5. The van der Waals surface area contributed by atoms with Crippen LogP contribution in [0.15, 0.2) is 89.7 Å². The van der Waals surface area contributed by atoms with Gasteiger partial charge < -0.3 is 28.5 Å². The number of allylic oxidation sites excluding steroid dienone is 2. The third-order valence-electron chi connectivity index (χ3n) is 6.34. The van der Waals surface area contributed by atoms with Crippen molar-refractivity contribution in [2.24, 2.45) is 10.7 Å². The molecule has 1 aliphatic rings. The van der Waals surface area contributed by atoms with Gasteiger partial charge in [0.2, 0.25) is 5.90 Å². The molecule has 10 heteroatoms. The molecule has 1 unspecified atom stereocenters. The average molecular weight is 607 g/mol. The number of benzene rings is 1. The van der Waals surface area contributed by atoms with Crippen molar-refractivity contribution in [1.29, 1.82) is 0 Å². The Bertz CT molecular complexity index is 1100. The van der Waals surface area contributed by atoms with Gasteiger partial charge in [-0.05, 0) is 49.9 Å². The summed E-state index contributed by atoms with van der Waals surface area (Å²) in [5, 5.41) is 26.3. The number of hydrogen-bond donors (Lipinski definition) is 3. The van der Waals surface area contributed by atoms with Gasteiger partial charge in [-0.2, -0.15) is 0 Å². The van der Waals surface area contributed by atoms with Crippen LogP contribution in [0.3, 0.4) is 0 Å². The van der Waals surface area contributed by atoms with E-state index in [9.17, 15) is 15.0 Å². The van der Waals surface area contributed by atoms with E-state index in [0.29, 0.717) is 24.4 Å². The van der Waals surface area contributed by atoms with Gasteiger partial charge in [0.05, 0.1) is 24.5 Å². The number of hydrogen-bond acceptors (Lipinski definition) is 6. The molecule has 6 N–H and O–H groups in total. The normalized spacial score (nSPS) is 17.0. The van der Waals surface area contributed by atoms with Gasteiger partial charge in [0.1, 0.15) is 7.11 Å². The molecule has 1 heterocycles. The number of nitrogens with two attached hydrogens (primary N) is 1. The van der Waals surface area contributed by atoms with Gasteiger partial charge in [-0.15, -0.1) is 6.08 Å². The number of rotatable bonds is 13. The number of nitrogens with zero attached hydrogens (tertiary/aromatic N) is 4. The molecule has 2 atom stereocenters. The van der Waals surface area contributed by atoms with Crippen LogP contribution in [0.2, 0.25) is 0 Å². The molecule has 0 saturated heterocycles. The maximum absolute atomic E-state index is 11.8. The summed E-state index contributed by atoms with van der Waals surface area (Å²) in [6.07, 6.45) is 12.1. The zero-order valence-electron chi connectivity index (χ0n) is 23.9. The molecule has 1 aliphatic carbocycles. The Morgan fingerprint density at radius 1 is 1.02 bits per heavy atom. The summed E-state index contributed by atoms with van der Waals surface area (Å²) < 4.78 is 0. The van der Waals surface area contributed by atoms with E-state index in [-0.39, 0.29) is 55.6 Å². The molecule has 1 fully saturated rings. The van der Waals surface area contributed by atoms with Crippen LogP contribution in [-0.4, -0.2) is 80.8 Å². The fraction of sp³-hybridized carbons (Fsp3) is 0.355. The van der Waals surface area contributed by atoms with Gasteiger partial charge in [0, 0.05) is 24.8 Å². The first-order valence-corrected chi connectivity index (χ1v) is 13.0. The Morgan fingerprint density at radius 2 is 1.66 bits per heavy atom. The third kappa shape index (κ3) is 13.8. The predicted molar refractivity (Wildman–Crippen MR) is 162 cm³/mol. The van der Waals surface area contributed by atoms with Crippen LogP contribution in [0.1, 0.15) is 31.4 Å². The van der Waals surface area contributed by atoms with Crippen molar-refractivity contribution in [3.8, 4) is 0 Å². The number of aliphatic carboxylic acids is 1. The third-order valence-corrected chi connectivity index (χ3v) is 6.34. The molecular weight excluding hydrogens is 562 g/mol. The second kappa shape index (κ2) is 21.5. The van der Waals surface area contributed by atoms with Crippen LogP contribution in [-0.2, 0) is 28.4 Å². The Hall–Kier alpha value is -3.27. The molecule has 1 radical (unpaired) electrons. The first-order chi connectivity index (χ1) is 19.0. The average Bonchev–Trinajstić information content (AvgIpc) is 2.94. The van der Waals surface area contributed by atoms with Crippen molar-refractivity contribution in [1.82, 2.24) is 14.8 Å². The number of carboxylic acid groups (broad SMARTS) is 1. The van der Waals surface area contributed by atoms with E-state index in [4.69, 9.17) is 17.4 Å². The smallest absolute Gasteiger partial charge is 0.495 e. The summed E-state index contributed by atoms with van der Waals surface area (Å²) in [4.78, 5) is 24.7. The number of para-hydroxylation sites is 1. The second-order valence-corrected chi connectivity index (χ2v) is 9.13. The minimum Gasteiger partial charge on any atom is -0.495 e. The maximum atomic E-state index is 11.8. The molecule has 1 saturated carbocycles. The van der Waals surface area contributed by atoms with Crippen LogP contribution in [0.25, 0.3) is 0 Å². The van der Waals surface area contributed by atoms with Crippen molar-refractivity contribution >= 4 is 17.6 Å². The number of carboxylic acids is 1. The standard InChI is InChI=1S/C29H36N5O3.CH4O.CH3.Fe/c1-23(11-7-9-17-30)19-33(21-28(35)32-24-12-3-2-4-13-24)26-15-5-6-16-27(26)34(22-29(36)37)20-25-14-8-10-18-31-25;1-2;;/h1-4,7-14,17-18,26-27H,5-6,15-16,19-22,30H2,(H,32,35)(H,36,37);2H,1H3;1H3;/q-1;;-1;+3/p+1/b11-7-,17-9-;;;/t26-,27?;;;/m0.../s1. The maximum Gasteiger partial charge on any atom is 3.00 e. The Kier molecular flexibility index (Phi) is 19.8. The Morgan fingerprint density at radius 3 is 2.24 bits per heavy atom. The Balaban J connectivity index is 0.00000391. The van der Waals surface area contributed by atoms with Gasteiger partial charge in [0.15, 0.2) is 0 Å². The van der Waals surface area contributed by atoms with Crippen LogP contribution < -0.4 is 5.73 Å². The van der Waals surface area contributed by atoms with Gasteiger partial charge >= 0.3 is 23.0 Å². The minimum absolute atomic E-state index is 0. The zero-order valence-corrected chi connectivity index (χ0v) is 25.0. The quantitative estimate of drug-likeness (QED) is 0.0781. The fourth-order valence-electron chi connectivity index (χ4n) is 4.80. The molecule has 1 aromatic heterocycles. The summed E-state index contributed by atoms with van der Waals surface area (Å²) >= 11 is 0. The van der Waals surface area contributed by atoms with E-state index < -0.39 is 5.97 Å². The van der Waals surface area contributed by atoms with Crippen molar-refractivity contribution in [2.45, 2.75) is 44.3 Å². The monoisotopic (exact) mass is 606 g/mol. The first kappa shape index (κ1) is 37.7. The van der Waals surface area contributed by atoms with E-state index in [1.807, 2.05) is 53.4 Å². The van der Waals surface area contributed by atoms with Crippen LogP contribution in [0, 0.1) is 14.0 Å². The number of aliphatic hydroxyl groups excluding tert-OH is 1. The van der Waals surface area contributed by atoms with Gasteiger partial charge in [-0.3, -0.25) is 26.2 Å². The molecule has 1 aromatic carbocycles. The molecule has 3 rings (SSSR count). The molecule has 0 bridgehead atoms. The van der Waals surface area contributed by atoms with Crippen LogP contribution in [0.4, 0.5) is 5.69 Å². The molecule has 0 amide bonds. The summed E-state index contributed by atoms with van der Waals surface area (Å²) in [5.74, 6) is -0.911. The van der Waals surface area contributed by atoms with E-state index in [1.54, 1.807) is 24.4 Å². The number of aliphatic imine (C=N–C) groups is 1. The number of carbonyl (C=O) groups is 1. The predicted octanol–water partition coefficient (Wildman–Crippen LogP) is 4.05. The number of aliphatic hydroxyl groups is 1. The van der Waals surface area contributed by atoms with E-state index >= 15 is 0 Å². The Labute approximate surface area is 255 Å². The van der Waals surface area contributed by atoms with Gasteiger partial charge in [-0.1, -0.05) is 43.2 Å². The molecule has 223 valence electrons. The van der Waals surface area contributed by atoms with Crippen LogP contribution >= 0.6 is 0 Å². The second-order valence-electron chi connectivity index (χ2n) is 9.13. The van der Waals surface area contributed by atoms with Crippen molar-refractivity contribution in [3.05, 3.63) is 104 Å². The summed E-state index contributed by atoms with van der Waals surface area (Å²) in [7, 11) is 1.25. The van der Waals surface area contributed by atoms with E-state index in [2.05, 4.69) is 14.9 Å². The topological polar surface area (TPSA) is 138 Å². The minimum atomic E-state index is -0.886. The van der Waals surface area contributed by atoms with Gasteiger partial charge in [-0.25, -0.2) is 16.6 Å². The SMILES string of the molecule is C[OH2+].[CH-]=C(/C=C\C=C/N)CN(CC(O)=Nc1ccccc1)[C@H]1CCCCC1N(CC(=O)O)Cc1ccccn1.[CH3-].[Fe+3]. The molecule has 9 nitrogen and oxygen atoms in total. The van der Waals surface area contributed by atoms with E-state index in [0.717, 1.165) is 31.4 Å². The van der Waals surface area contributed by atoms with Gasteiger partial charge in [0.25, 0.3) is 0 Å². The molecule has 0 spiro atoms. The molecule has 41 heavy (non-hydrogen) atoms. The largest absolute Gasteiger partial charge is 3.00 e. The summed E-state index contributed by atoms with van der Waals surface area (Å²) in [6, 6.07) is 14.8. The number of aromatic nitrogens is 1. The van der Waals surface area contributed by atoms with Crippen molar-refractivity contribution < 1.29 is 37.2 Å². The first-order valence-electron chi connectivity index (χ1n) is 13.0. The van der Waals surface area contributed by atoms with Crippen molar-refractivity contribution in [2.75, 3.05) is 26.7 Å². The van der Waals surface area contributed by atoms with Crippen LogP contribution in [0.5, 0.6) is 0 Å². The summed E-state index contributed by atoms with van der Waals surface area (Å²) in [6.45, 7) is 7.24. The van der Waals surface area contributed by atoms with E-state index in [1.165, 1.54) is 13.3 Å². The number of pyridine rings is 1. The molecule has 0 aliphatic heterocycles. The summed E-state index contributed by atoms with van der Waals surface area (Å²) in [5.41, 5.74) is 7.50. The molecule has 2 aromatic rings. The van der Waals surface area contributed by atoms with Crippen molar-refractivity contribution in [3.63, 3.8) is 0 Å². The molecular formula is C31H44FeN5O4+2.